The van der Waals surface area contributed by atoms with Crippen LogP contribution in [0.15, 0.2) is 29.2 Å². The third-order valence-electron chi connectivity index (χ3n) is 5.84. The van der Waals surface area contributed by atoms with Crippen LogP contribution in [0.5, 0.6) is 0 Å². The molecule has 1 aromatic carbocycles. The highest BCUT2D eigenvalue weighted by atomic mass is 32.2. The number of anilines is 2. The molecule has 9 nitrogen and oxygen atoms in total. The van der Waals surface area contributed by atoms with Crippen molar-refractivity contribution in [2.45, 2.75) is 36.7 Å². The van der Waals surface area contributed by atoms with Gasteiger partial charge in [-0.3, -0.25) is 4.79 Å². The van der Waals surface area contributed by atoms with E-state index >= 15 is 0 Å². The molecule has 1 aromatic heterocycles. The van der Waals surface area contributed by atoms with Crippen molar-refractivity contribution in [1.29, 1.82) is 0 Å². The molecule has 0 unspecified atom stereocenters. The summed E-state index contributed by atoms with van der Waals surface area (Å²) in [4.78, 5) is 25.0. The number of carbonyl (C=O) groups is 1. The highest BCUT2D eigenvalue weighted by Gasteiger charge is 2.39. The smallest absolute Gasteiger partial charge is 0.243 e. The third-order valence-corrected chi connectivity index (χ3v) is 7.74. The maximum atomic E-state index is 13.6. The molecule has 0 radical (unpaired) electrons. The predicted molar refractivity (Wildman–Crippen MR) is 119 cm³/mol. The fraction of sp³-hybridized carbons (Fsp3) is 0.476. The summed E-state index contributed by atoms with van der Waals surface area (Å²) in [5, 5.41) is 3.09. The number of fused-ring (bicyclic) bond motifs is 1. The van der Waals surface area contributed by atoms with E-state index in [0.29, 0.717) is 25.3 Å². The van der Waals surface area contributed by atoms with Crippen LogP contribution in [0, 0.1) is 0 Å². The van der Waals surface area contributed by atoms with E-state index in [4.69, 9.17) is 0 Å². The third kappa shape index (κ3) is 3.90. The van der Waals surface area contributed by atoms with Gasteiger partial charge in [-0.25, -0.2) is 18.4 Å². The molecule has 2 aliphatic rings. The molecule has 1 atom stereocenters. The minimum absolute atomic E-state index is 0.0328. The molecular weight excluding hydrogens is 416 g/mol. The lowest BCUT2D eigenvalue weighted by atomic mass is 10.2. The Morgan fingerprint density at radius 1 is 1.23 bits per heavy atom. The molecule has 1 fully saturated rings. The summed E-state index contributed by atoms with van der Waals surface area (Å²) in [6, 6.07) is 6.42. The van der Waals surface area contributed by atoms with Crippen LogP contribution in [0.3, 0.4) is 0 Å². The molecule has 1 N–H and O–H groups in total. The summed E-state index contributed by atoms with van der Waals surface area (Å²) < 4.78 is 28.6. The van der Waals surface area contributed by atoms with Gasteiger partial charge in [-0.2, -0.15) is 4.31 Å². The van der Waals surface area contributed by atoms with Crippen molar-refractivity contribution < 1.29 is 13.2 Å². The van der Waals surface area contributed by atoms with Crippen LogP contribution in [-0.4, -0.2) is 63.3 Å². The largest absolute Gasteiger partial charge is 0.363 e. The molecule has 1 amide bonds. The highest BCUT2D eigenvalue weighted by Crippen LogP contribution is 2.37. The fourth-order valence-electron chi connectivity index (χ4n) is 4.18. The first-order valence-electron chi connectivity index (χ1n) is 10.3. The van der Waals surface area contributed by atoms with Gasteiger partial charge in [0.05, 0.1) is 23.1 Å². The number of hydrogen-bond acceptors (Lipinski definition) is 7. The van der Waals surface area contributed by atoms with Crippen LogP contribution in [0.4, 0.5) is 11.5 Å². The number of amides is 1. The van der Waals surface area contributed by atoms with Gasteiger partial charge in [-0.05, 0) is 43.7 Å². The summed E-state index contributed by atoms with van der Waals surface area (Å²) in [5.74, 6) is 1.24. The number of benzene rings is 1. The SMILES string of the molecule is CNCc1cc(N(C)C)nc([C@H]2CCCN2S(=O)(=O)c2ccc3c(c2)CC(=O)N3C)n1. The molecule has 10 heteroatoms. The van der Waals surface area contributed by atoms with Crippen LogP contribution >= 0.6 is 0 Å². The lowest BCUT2D eigenvalue weighted by molar-refractivity contribution is -0.117. The Balaban J connectivity index is 1.70. The zero-order valence-corrected chi connectivity index (χ0v) is 19.1. The maximum Gasteiger partial charge on any atom is 0.243 e. The van der Waals surface area contributed by atoms with Gasteiger partial charge in [-0.15, -0.1) is 0 Å². The number of hydrogen-bond donors (Lipinski definition) is 1. The number of nitrogens with zero attached hydrogens (tertiary/aromatic N) is 5. The second kappa shape index (κ2) is 8.18. The van der Waals surface area contributed by atoms with E-state index in [2.05, 4.69) is 15.3 Å². The topological polar surface area (TPSA) is 98.7 Å². The number of aromatic nitrogens is 2. The molecule has 166 valence electrons. The van der Waals surface area contributed by atoms with Crippen LogP contribution in [0.2, 0.25) is 0 Å². The van der Waals surface area contributed by atoms with E-state index in [-0.39, 0.29) is 17.2 Å². The number of nitrogens with one attached hydrogen (secondary N) is 1. The maximum absolute atomic E-state index is 13.6. The minimum atomic E-state index is -3.76. The Labute approximate surface area is 183 Å². The van der Waals surface area contributed by atoms with Crippen LogP contribution in [-0.2, 0) is 27.8 Å². The minimum Gasteiger partial charge on any atom is -0.363 e. The Bertz CT molecular complexity index is 1120. The first kappa shape index (κ1) is 21.7. The van der Waals surface area contributed by atoms with Crippen molar-refractivity contribution in [2.75, 3.05) is 44.5 Å². The van der Waals surface area contributed by atoms with Crippen molar-refractivity contribution in [3.63, 3.8) is 0 Å². The fourth-order valence-corrected chi connectivity index (χ4v) is 5.89. The Kier molecular flexibility index (Phi) is 5.71. The van der Waals surface area contributed by atoms with Gasteiger partial charge in [0.2, 0.25) is 15.9 Å². The van der Waals surface area contributed by atoms with Gasteiger partial charge in [0.1, 0.15) is 11.6 Å². The van der Waals surface area contributed by atoms with Crippen molar-refractivity contribution in [1.82, 2.24) is 19.6 Å². The summed E-state index contributed by atoms with van der Waals surface area (Å²) in [5.41, 5.74) is 2.33. The lowest BCUT2D eigenvalue weighted by Crippen LogP contribution is -2.32. The molecular formula is C21H28N6O3S. The molecule has 4 rings (SSSR count). The molecule has 0 aliphatic carbocycles. The second-order valence-corrected chi connectivity index (χ2v) is 10.1. The molecule has 2 aromatic rings. The molecule has 0 spiro atoms. The lowest BCUT2D eigenvalue weighted by Gasteiger charge is -2.25. The Morgan fingerprint density at radius 3 is 2.71 bits per heavy atom. The van der Waals surface area contributed by atoms with Gasteiger partial charge >= 0.3 is 0 Å². The molecule has 3 heterocycles. The second-order valence-electron chi connectivity index (χ2n) is 8.19. The molecule has 2 aliphatic heterocycles. The number of likely N-dealkylation sites (N-methyl/N-ethyl adjacent to an activating group) is 1. The Hall–Kier alpha value is -2.56. The van der Waals surface area contributed by atoms with Crippen molar-refractivity contribution in [2.24, 2.45) is 0 Å². The molecule has 0 bridgehead atoms. The van der Waals surface area contributed by atoms with Gasteiger partial charge in [0.25, 0.3) is 0 Å². The standard InChI is InChI=1S/C21H28N6O3S/c1-22-13-15-12-19(25(2)3)24-21(23-15)18-6-5-9-27(18)31(29,30)16-7-8-17-14(10-16)11-20(28)26(17)4/h7-8,10,12,18,22H,5-6,9,11,13H2,1-4H3/t18-/m1/s1. The van der Waals surface area contributed by atoms with Crippen LogP contribution < -0.4 is 15.1 Å². The summed E-state index contributed by atoms with van der Waals surface area (Å²) in [6.07, 6.45) is 1.63. The van der Waals surface area contributed by atoms with Gasteiger partial charge < -0.3 is 15.1 Å². The van der Waals surface area contributed by atoms with Crippen molar-refractivity contribution >= 4 is 27.4 Å². The summed E-state index contributed by atoms with van der Waals surface area (Å²) >= 11 is 0. The van der Waals surface area contributed by atoms with E-state index in [1.54, 1.807) is 30.1 Å². The molecule has 0 saturated carbocycles. The van der Waals surface area contributed by atoms with Gasteiger partial charge in [-0.1, -0.05) is 0 Å². The van der Waals surface area contributed by atoms with Crippen molar-refractivity contribution in [3.8, 4) is 0 Å². The molecule has 1 saturated heterocycles. The van der Waals surface area contributed by atoms with E-state index in [9.17, 15) is 13.2 Å². The van der Waals surface area contributed by atoms with E-state index in [1.165, 1.54) is 4.31 Å². The molecule has 31 heavy (non-hydrogen) atoms. The van der Waals surface area contributed by atoms with Gasteiger partial charge in [0.15, 0.2) is 0 Å². The summed E-state index contributed by atoms with van der Waals surface area (Å²) in [7, 11) is 3.60. The zero-order chi connectivity index (χ0) is 22.3. The number of carbonyl (C=O) groups excluding carboxylic acids is 1. The van der Waals surface area contributed by atoms with E-state index in [0.717, 1.165) is 29.2 Å². The quantitative estimate of drug-likeness (QED) is 0.717. The Morgan fingerprint density at radius 2 is 2.00 bits per heavy atom. The number of rotatable bonds is 6. The summed E-state index contributed by atoms with van der Waals surface area (Å²) in [6.45, 7) is 0.988. The van der Waals surface area contributed by atoms with Crippen LogP contribution in [0.25, 0.3) is 0 Å². The average Bonchev–Trinajstić information content (AvgIpc) is 3.33. The monoisotopic (exact) mass is 444 g/mol. The predicted octanol–water partition coefficient (Wildman–Crippen LogP) is 1.31. The average molecular weight is 445 g/mol. The number of sulfonamides is 1. The van der Waals surface area contributed by atoms with Crippen molar-refractivity contribution in [3.05, 3.63) is 41.3 Å². The first-order chi connectivity index (χ1) is 14.7. The van der Waals surface area contributed by atoms with Crippen LogP contribution in [0.1, 0.15) is 36.0 Å². The van der Waals surface area contributed by atoms with E-state index < -0.39 is 16.1 Å². The first-order valence-corrected chi connectivity index (χ1v) is 11.8. The van der Waals surface area contributed by atoms with Gasteiger partial charge in [0, 0.05) is 46.0 Å². The zero-order valence-electron chi connectivity index (χ0n) is 18.3. The normalized spacial score (nSPS) is 19.2. The van der Waals surface area contributed by atoms with E-state index in [1.807, 2.05) is 32.1 Å². The highest BCUT2D eigenvalue weighted by molar-refractivity contribution is 7.89.